The van der Waals surface area contributed by atoms with Crippen molar-refractivity contribution in [1.29, 1.82) is 0 Å². The Hall–Kier alpha value is -3.20. The largest absolute Gasteiger partial charge is 0.494 e. The number of fused-ring (bicyclic) bond motifs is 3. The highest BCUT2D eigenvalue weighted by Gasteiger charge is 2.69. The quantitative estimate of drug-likeness (QED) is 0.439. The number of benzene rings is 2. The van der Waals surface area contributed by atoms with Crippen LogP contribution in [0.3, 0.4) is 0 Å². The molecule has 10 heteroatoms. The number of hydrogen-bond acceptors (Lipinski definition) is 5. The van der Waals surface area contributed by atoms with Crippen LogP contribution in [0.15, 0.2) is 54.6 Å². The van der Waals surface area contributed by atoms with Crippen molar-refractivity contribution in [1.82, 2.24) is 15.2 Å². The highest BCUT2D eigenvalue weighted by atomic mass is 35.5. The summed E-state index contributed by atoms with van der Waals surface area (Å²) in [6, 6.07) is 15.4. The SMILES string of the molecule is CCOc1cccc(CN2[C@H]3CCNC(=O)[C@H]3[C@H](c3cccc(Cl)c3F)[C@]23C(=O)Nc2nc(Cl)ccc23)c1. The molecule has 0 bridgehead atoms. The molecule has 196 valence electrons. The number of aromatic nitrogens is 1. The molecule has 1 spiro atoms. The van der Waals surface area contributed by atoms with Crippen LogP contribution in [-0.2, 0) is 21.7 Å². The summed E-state index contributed by atoms with van der Waals surface area (Å²) in [5, 5.41) is 5.98. The summed E-state index contributed by atoms with van der Waals surface area (Å²) in [7, 11) is 0. The third-order valence-electron chi connectivity index (χ3n) is 7.85. The molecule has 38 heavy (non-hydrogen) atoms. The maximum absolute atomic E-state index is 15.8. The van der Waals surface area contributed by atoms with E-state index in [1.165, 1.54) is 6.07 Å². The van der Waals surface area contributed by atoms with Gasteiger partial charge in [0.25, 0.3) is 5.91 Å². The number of ether oxygens (including phenoxy) is 1. The first-order chi connectivity index (χ1) is 18.4. The molecule has 2 saturated heterocycles. The highest BCUT2D eigenvalue weighted by Crippen LogP contribution is 2.61. The summed E-state index contributed by atoms with van der Waals surface area (Å²) in [4.78, 5) is 34.2. The molecule has 7 nitrogen and oxygen atoms in total. The molecular formula is C28H25Cl2FN4O3. The zero-order valence-corrected chi connectivity index (χ0v) is 22.0. The molecule has 4 atom stereocenters. The van der Waals surface area contributed by atoms with Gasteiger partial charge in [-0.05, 0) is 54.8 Å². The average molecular weight is 555 g/mol. The van der Waals surface area contributed by atoms with E-state index < -0.39 is 23.2 Å². The van der Waals surface area contributed by atoms with Crippen LogP contribution in [0.25, 0.3) is 0 Å². The van der Waals surface area contributed by atoms with Gasteiger partial charge in [-0.25, -0.2) is 9.37 Å². The molecule has 3 aliphatic rings. The number of piperidine rings is 1. The van der Waals surface area contributed by atoms with Crippen molar-refractivity contribution in [2.75, 3.05) is 18.5 Å². The van der Waals surface area contributed by atoms with Crippen LogP contribution in [0.4, 0.5) is 10.2 Å². The monoisotopic (exact) mass is 554 g/mol. The number of amides is 2. The van der Waals surface area contributed by atoms with Gasteiger partial charge in [-0.2, -0.15) is 0 Å². The van der Waals surface area contributed by atoms with Crippen LogP contribution >= 0.6 is 23.2 Å². The van der Waals surface area contributed by atoms with Gasteiger partial charge in [0.1, 0.15) is 28.1 Å². The Balaban J connectivity index is 1.61. The van der Waals surface area contributed by atoms with Gasteiger partial charge in [0.05, 0.1) is 17.5 Å². The number of carbonyl (C=O) groups is 2. The lowest BCUT2D eigenvalue weighted by Crippen LogP contribution is -2.52. The van der Waals surface area contributed by atoms with Crippen molar-refractivity contribution >= 4 is 40.8 Å². The molecule has 6 rings (SSSR count). The topological polar surface area (TPSA) is 83.6 Å². The van der Waals surface area contributed by atoms with Crippen molar-refractivity contribution < 1.29 is 18.7 Å². The van der Waals surface area contributed by atoms with Gasteiger partial charge in [0.15, 0.2) is 0 Å². The lowest BCUT2D eigenvalue weighted by atomic mass is 9.70. The van der Waals surface area contributed by atoms with Crippen LogP contribution in [0.1, 0.15) is 36.0 Å². The smallest absolute Gasteiger partial charge is 0.251 e. The van der Waals surface area contributed by atoms with Crippen LogP contribution in [0.2, 0.25) is 10.2 Å². The number of nitrogens with zero attached hydrogens (tertiary/aromatic N) is 2. The number of carbonyl (C=O) groups excluding carboxylic acids is 2. The zero-order valence-electron chi connectivity index (χ0n) is 20.5. The molecule has 0 saturated carbocycles. The van der Waals surface area contributed by atoms with E-state index in [1.54, 1.807) is 24.3 Å². The first kappa shape index (κ1) is 25.1. The van der Waals surface area contributed by atoms with Gasteiger partial charge in [-0.15, -0.1) is 0 Å². The zero-order chi connectivity index (χ0) is 26.6. The van der Waals surface area contributed by atoms with E-state index in [9.17, 15) is 9.59 Å². The number of nitrogens with one attached hydrogen (secondary N) is 2. The van der Waals surface area contributed by atoms with E-state index in [0.717, 1.165) is 5.56 Å². The minimum atomic E-state index is -1.43. The fourth-order valence-corrected chi connectivity index (χ4v) is 6.84. The third kappa shape index (κ3) is 3.69. The molecule has 0 aliphatic carbocycles. The number of rotatable bonds is 5. The molecule has 3 aliphatic heterocycles. The maximum atomic E-state index is 15.8. The fourth-order valence-electron chi connectivity index (χ4n) is 6.51. The van der Waals surface area contributed by atoms with E-state index >= 15 is 4.39 Å². The molecule has 4 heterocycles. The summed E-state index contributed by atoms with van der Waals surface area (Å²) in [5.74, 6) is -1.81. The summed E-state index contributed by atoms with van der Waals surface area (Å²) >= 11 is 12.4. The molecular weight excluding hydrogens is 530 g/mol. The molecule has 2 N–H and O–H groups in total. The number of likely N-dealkylation sites (tertiary alicyclic amines) is 1. The first-order valence-corrected chi connectivity index (χ1v) is 13.3. The molecule has 0 unspecified atom stereocenters. The number of halogens is 3. The van der Waals surface area contributed by atoms with Gasteiger partial charge in [-0.1, -0.05) is 47.5 Å². The van der Waals surface area contributed by atoms with E-state index in [-0.39, 0.29) is 33.6 Å². The second-order valence-corrected chi connectivity index (χ2v) is 10.5. The van der Waals surface area contributed by atoms with Crippen LogP contribution in [0, 0.1) is 11.7 Å². The Kier molecular flexibility index (Phi) is 6.29. The summed E-state index contributed by atoms with van der Waals surface area (Å²) in [5.41, 5.74) is 0.236. The predicted octanol–water partition coefficient (Wildman–Crippen LogP) is 4.88. The number of anilines is 1. The molecule has 1 aromatic heterocycles. The Morgan fingerprint density at radius 1 is 1.16 bits per heavy atom. The van der Waals surface area contributed by atoms with Crippen molar-refractivity contribution in [2.45, 2.75) is 37.4 Å². The Morgan fingerprint density at radius 3 is 2.79 bits per heavy atom. The molecule has 3 aromatic rings. The normalized spacial score (nSPS) is 26.2. The van der Waals surface area contributed by atoms with E-state index in [4.69, 9.17) is 27.9 Å². The maximum Gasteiger partial charge on any atom is 0.251 e. The highest BCUT2D eigenvalue weighted by molar-refractivity contribution is 6.31. The van der Waals surface area contributed by atoms with Crippen LogP contribution in [-0.4, -0.2) is 40.9 Å². The third-order valence-corrected chi connectivity index (χ3v) is 8.35. The van der Waals surface area contributed by atoms with Gasteiger partial charge in [0.2, 0.25) is 5.91 Å². The fraction of sp³-hybridized carbons (Fsp3) is 0.321. The van der Waals surface area contributed by atoms with Crippen LogP contribution < -0.4 is 15.4 Å². The standard InChI is InChI=1S/C28H25Cl2FN4O3/c1-2-38-16-6-3-5-15(13-16)14-35-20-11-12-32-26(36)22(20)23(17-7-4-8-19(29)24(17)31)28(35)18-9-10-21(30)33-25(18)34-27(28)37/h3-10,13,20,22-23H,2,11-12,14H2,1H3,(H,32,36)(H,33,34,37)/t20-,22+,23-,28+/m0/s1. The predicted molar refractivity (Wildman–Crippen MR) is 142 cm³/mol. The Labute approximate surface area is 229 Å². The second-order valence-electron chi connectivity index (χ2n) is 9.75. The lowest BCUT2D eigenvalue weighted by Gasteiger charge is -2.39. The molecule has 2 aromatic carbocycles. The van der Waals surface area contributed by atoms with Crippen molar-refractivity contribution in [3.8, 4) is 5.75 Å². The summed E-state index contributed by atoms with van der Waals surface area (Å²) < 4.78 is 21.5. The number of hydrogen-bond donors (Lipinski definition) is 2. The summed E-state index contributed by atoms with van der Waals surface area (Å²) in [6.07, 6.45) is 0.589. The Morgan fingerprint density at radius 2 is 1.97 bits per heavy atom. The van der Waals surface area contributed by atoms with Crippen molar-refractivity contribution in [3.05, 3.63) is 87.3 Å². The number of pyridine rings is 1. The summed E-state index contributed by atoms with van der Waals surface area (Å²) in [6.45, 7) is 3.20. The van der Waals surface area contributed by atoms with Crippen LogP contribution in [0.5, 0.6) is 5.75 Å². The van der Waals surface area contributed by atoms with Gasteiger partial charge in [0, 0.05) is 30.6 Å². The molecule has 0 radical (unpaired) electrons. The molecule has 2 fully saturated rings. The van der Waals surface area contributed by atoms with Gasteiger partial charge in [-0.3, -0.25) is 14.5 Å². The van der Waals surface area contributed by atoms with Gasteiger partial charge < -0.3 is 15.4 Å². The van der Waals surface area contributed by atoms with E-state index in [2.05, 4.69) is 15.6 Å². The minimum Gasteiger partial charge on any atom is -0.494 e. The first-order valence-electron chi connectivity index (χ1n) is 12.5. The minimum absolute atomic E-state index is 0.0684. The average Bonchev–Trinajstić information content (AvgIpc) is 3.34. The van der Waals surface area contributed by atoms with Crippen molar-refractivity contribution in [3.63, 3.8) is 0 Å². The van der Waals surface area contributed by atoms with E-state index in [1.807, 2.05) is 36.1 Å². The van der Waals surface area contributed by atoms with Crippen molar-refractivity contribution in [2.24, 2.45) is 5.92 Å². The molecule has 2 amide bonds. The van der Waals surface area contributed by atoms with Gasteiger partial charge >= 0.3 is 0 Å². The lowest BCUT2D eigenvalue weighted by molar-refractivity contribution is -0.128. The van der Waals surface area contributed by atoms with E-state index in [0.29, 0.717) is 43.2 Å². The Bertz CT molecular complexity index is 1450. The second kappa shape index (κ2) is 9.52.